The lowest BCUT2D eigenvalue weighted by molar-refractivity contribution is -0.136. The molecule has 0 radical (unpaired) electrons. The number of hydrogen-bond donors (Lipinski definition) is 1. The normalized spacial score (nSPS) is 10.1. The summed E-state index contributed by atoms with van der Waals surface area (Å²) in [7, 11) is 1.54. The van der Waals surface area contributed by atoms with E-state index in [0.717, 1.165) is 0 Å². The van der Waals surface area contributed by atoms with Crippen LogP contribution in [0.1, 0.15) is 19.2 Å². The molecule has 0 bridgehead atoms. The van der Waals surface area contributed by atoms with Gasteiger partial charge >= 0.3 is 5.97 Å². The number of aliphatic carboxylic acids is 1. The van der Waals surface area contributed by atoms with E-state index >= 15 is 0 Å². The summed E-state index contributed by atoms with van der Waals surface area (Å²) in [5.41, 5.74) is 0. The maximum absolute atomic E-state index is 10.6. The van der Waals surface area contributed by atoms with Crippen molar-refractivity contribution in [2.45, 2.75) is 20.3 Å². The van der Waals surface area contributed by atoms with Crippen molar-refractivity contribution in [2.75, 3.05) is 25.1 Å². The Balaban J connectivity index is 2.86. The Morgan fingerprint density at radius 2 is 2.24 bits per heavy atom. The van der Waals surface area contributed by atoms with Crippen LogP contribution >= 0.6 is 0 Å². The van der Waals surface area contributed by atoms with Crippen molar-refractivity contribution >= 4 is 11.8 Å². The monoisotopic (exact) mass is 239 g/mol. The highest BCUT2D eigenvalue weighted by molar-refractivity contribution is 5.67. The van der Waals surface area contributed by atoms with Crippen LogP contribution in [0.2, 0.25) is 0 Å². The Morgan fingerprint density at radius 1 is 1.53 bits per heavy atom. The van der Waals surface area contributed by atoms with Crippen LogP contribution in [0.3, 0.4) is 0 Å². The van der Waals surface area contributed by atoms with E-state index in [0.29, 0.717) is 30.6 Å². The molecule has 1 aromatic rings. The van der Waals surface area contributed by atoms with E-state index in [1.807, 2.05) is 11.8 Å². The number of aromatic nitrogens is 2. The van der Waals surface area contributed by atoms with Crippen LogP contribution in [0.5, 0.6) is 5.88 Å². The van der Waals surface area contributed by atoms with Crippen molar-refractivity contribution in [3.63, 3.8) is 0 Å². The zero-order valence-corrected chi connectivity index (χ0v) is 10.3. The highest BCUT2D eigenvalue weighted by atomic mass is 16.5. The molecule has 0 spiro atoms. The van der Waals surface area contributed by atoms with E-state index in [-0.39, 0.29) is 6.42 Å². The van der Waals surface area contributed by atoms with Gasteiger partial charge in [-0.1, -0.05) is 0 Å². The molecule has 1 N–H and O–H groups in total. The van der Waals surface area contributed by atoms with Gasteiger partial charge in [0.15, 0.2) is 0 Å². The van der Waals surface area contributed by atoms with Gasteiger partial charge < -0.3 is 14.7 Å². The summed E-state index contributed by atoms with van der Waals surface area (Å²) >= 11 is 0. The minimum absolute atomic E-state index is 0.0825. The topological polar surface area (TPSA) is 75.6 Å². The van der Waals surface area contributed by atoms with Gasteiger partial charge in [-0.15, -0.1) is 0 Å². The van der Waals surface area contributed by atoms with Crippen molar-refractivity contribution in [3.8, 4) is 5.88 Å². The van der Waals surface area contributed by atoms with Gasteiger partial charge in [0.05, 0.1) is 13.5 Å². The summed E-state index contributed by atoms with van der Waals surface area (Å²) in [6.07, 6.45) is 0.0825. The molecule has 94 valence electrons. The third-order valence-electron chi connectivity index (χ3n) is 2.31. The third-order valence-corrected chi connectivity index (χ3v) is 2.31. The molecule has 0 unspecified atom stereocenters. The second-order valence-electron chi connectivity index (χ2n) is 3.54. The number of rotatable bonds is 6. The predicted molar refractivity (Wildman–Crippen MR) is 63.5 cm³/mol. The summed E-state index contributed by atoms with van der Waals surface area (Å²) in [5, 5.41) is 8.68. The van der Waals surface area contributed by atoms with Crippen LogP contribution in [-0.4, -0.2) is 41.2 Å². The number of nitrogens with zero attached hydrogens (tertiary/aromatic N) is 3. The molecule has 0 aliphatic rings. The number of aryl methyl sites for hydroxylation is 1. The maximum Gasteiger partial charge on any atom is 0.305 e. The van der Waals surface area contributed by atoms with E-state index in [1.54, 1.807) is 20.1 Å². The number of hydrogen-bond acceptors (Lipinski definition) is 5. The molecule has 6 nitrogen and oxygen atoms in total. The quantitative estimate of drug-likeness (QED) is 0.801. The number of carboxylic acid groups (broad SMARTS) is 1. The standard InChI is InChI=1S/C11H17N3O3/c1-4-14(6-5-11(15)16)9-7-10(17-3)13-8(2)12-9/h7H,4-6H2,1-3H3,(H,15,16). The van der Waals surface area contributed by atoms with Crippen LogP contribution in [0.25, 0.3) is 0 Å². The van der Waals surface area contributed by atoms with Crippen LogP contribution in [-0.2, 0) is 4.79 Å². The number of carbonyl (C=O) groups is 1. The second kappa shape index (κ2) is 6.03. The molecular weight excluding hydrogens is 222 g/mol. The SMILES string of the molecule is CCN(CCC(=O)O)c1cc(OC)nc(C)n1. The first-order valence-electron chi connectivity index (χ1n) is 5.43. The van der Waals surface area contributed by atoms with Crippen LogP contribution in [0, 0.1) is 6.92 Å². The molecule has 0 aliphatic heterocycles. The van der Waals surface area contributed by atoms with Crippen LogP contribution in [0.15, 0.2) is 6.07 Å². The summed E-state index contributed by atoms with van der Waals surface area (Å²) in [6, 6.07) is 1.71. The Hall–Kier alpha value is -1.85. The summed E-state index contributed by atoms with van der Waals surface area (Å²) < 4.78 is 5.06. The van der Waals surface area contributed by atoms with E-state index in [1.165, 1.54) is 0 Å². The van der Waals surface area contributed by atoms with Crippen molar-refractivity contribution in [1.82, 2.24) is 9.97 Å². The molecule has 0 saturated carbocycles. The number of ether oxygens (including phenoxy) is 1. The molecule has 0 aromatic carbocycles. The first-order valence-corrected chi connectivity index (χ1v) is 5.43. The molecule has 0 amide bonds. The second-order valence-corrected chi connectivity index (χ2v) is 3.54. The van der Waals surface area contributed by atoms with E-state index in [9.17, 15) is 4.79 Å². The number of carboxylic acids is 1. The summed E-state index contributed by atoms with van der Waals surface area (Å²) in [4.78, 5) is 20.8. The molecule has 0 aliphatic carbocycles. The molecule has 0 saturated heterocycles. The first-order chi connectivity index (χ1) is 8.06. The highest BCUT2D eigenvalue weighted by Crippen LogP contribution is 2.17. The fourth-order valence-corrected chi connectivity index (χ4v) is 1.46. The van der Waals surface area contributed by atoms with E-state index in [2.05, 4.69) is 9.97 Å². The molecule has 1 rings (SSSR count). The molecule has 6 heteroatoms. The summed E-state index contributed by atoms with van der Waals surface area (Å²) in [6.45, 7) is 4.83. The maximum atomic E-state index is 10.6. The van der Waals surface area contributed by atoms with Crippen molar-refractivity contribution in [1.29, 1.82) is 0 Å². The fourth-order valence-electron chi connectivity index (χ4n) is 1.46. The molecule has 0 fully saturated rings. The predicted octanol–water partition coefficient (Wildman–Crippen LogP) is 1.09. The van der Waals surface area contributed by atoms with Gasteiger partial charge in [-0.2, -0.15) is 4.98 Å². The zero-order valence-electron chi connectivity index (χ0n) is 10.3. The zero-order chi connectivity index (χ0) is 12.8. The average molecular weight is 239 g/mol. The van der Waals surface area contributed by atoms with Gasteiger partial charge in [-0.25, -0.2) is 4.98 Å². The van der Waals surface area contributed by atoms with Gasteiger partial charge in [0.25, 0.3) is 0 Å². The van der Waals surface area contributed by atoms with Gasteiger partial charge in [0, 0.05) is 19.2 Å². The Labute approximate surface area is 100 Å². The Bertz CT molecular complexity index is 396. The van der Waals surface area contributed by atoms with Crippen molar-refractivity contribution in [2.24, 2.45) is 0 Å². The Morgan fingerprint density at radius 3 is 2.76 bits per heavy atom. The lowest BCUT2D eigenvalue weighted by Gasteiger charge is -2.21. The fraction of sp³-hybridized carbons (Fsp3) is 0.545. The number of anilines is 1. The molecule has 0 atom stereocenters. The lowest BCUT2D eigenvalue weighted by atomic mass is 10.3. The number of methoxy groups -OCH3 is 1. The van der Waals surface area contributed by atoms with Crippen molar-refractivity contribution < 1.29 is 14.6 Å². The minimum Gasteiger partial charge on any atom is -0.481 e. The van der Waals surface area contributed by atoms with E-state index < -0.39 is 5.97 Å². The largest absolute Gasteiger partial charge is 0.481 e. The van der Waals surface area contributed by atoms with Crippen molar-refractivity contribution in [3.05, 3.63) is 11.9 Å². The summed E-state index contributed by atoms with van der Waals surface area (Å²) in [5.74, 6) is 0.966. The highest BCUT2D eigenvalue weighted by Gasteiger charge is 2.10. The smallest absolute Gasteiger partial charge is 0.305 e. The van der Waals surface area contributed by atoms with Gasteiger partial charge in [0.1, 0.15) is 11.6 Å². The van der Waals surface area contributed by atoms with Crippen LogP contribution in [0.4, 0.5) is 5.82 Å². The molecule has 1 heterocycles. The first kappa shape index (κ1) is 13.2. The molecule has 1 aromatic heterocycles. The minimum atomic E-state index is -0.818. The Kier molecular flexibility index (Phi) is 4.68. The van der Waals surface area contributed by atoms with Crippen LogP contribution < -0.4 is 9.64 Å². The third kappa shape index (κ3) is 3.90. The van der Waals surface area contributed by atoms with E-state index in [4.69, 9.17) is 9.84 Å². The average Bonchev–Trinajstić information content (AvgIpc) is 2.28. The lowest BCUT2D eigenvalue weighted by Crippen LogP contribution is -2.27. The van der Waals surface area contributed by atoms with Gasteiger partial charge in [0.2, 0.25) is 5.88 Å². The molecular formula is C11H17N3O3. The molecule has 17 heavy (non-hydrogen) atoms. The van der Waals surface area contributed by atoms with Gasteiger partial charge in [-0.3, -0.25) is 4.79 Å². The van der Waals surface area contributed by atoms with Gasteiger partial charge in [-0.05, 0) is 13.8 Å².